The van der Waals surface area contributed by atoms with Gasteiger partial charge < -0.3 is 4.74 Å². The fourth-order valence-electron chi connectivity index (χ4n) is 9.02. The van der Waals surface area contributed by atoms with Crippen molar-refractivity contribution in [2.24, 2.45) is 44.3 Å². The second kappa shape index (κ2) is 9.63. The van der Waals surface area contributed by atoms with Crippen molar-refractivity contribution in [3.8, 4) is 0 Å². The van der Waals surface area contributed by atoms with Crippen LogP contribution in [0.2, 0.25) is 0 Å². The first-order valence-corrected chi connectivity index (χ1v) is 14.6. The molecular formula is C33H54O4. The standard InChI is InChI=1S/C33H54O4/c1-22-21-28(3,4)16-18-33(22,27(36)37-11)19-17-29(5,6)32(10)15-12-24-30(7,8)26(35)13-14-31(24,9)25(32)20-23(2)34/h20,22,24H,12-19,21H2,1-11H3/b25-20-/t22?,24-,31-,32+,33-/m0/s1. The molecule has 210 valence electrons. The molecule has 0 aromatic heterocycles. The SMILES string of the molecule is COC(=O)[C@]1(CCC(C)(C)[C@]2(C)CC[C@H]3C(C)(C)C(=O)CC[C@]3(C)/C2=C/C(C)=O)CCC(C)(C)CC1C. The van der Waals surface area contributed by atoms with E-state index in [0.29, 0.717) is 12.2 Å². The Hall–Kier alpha value is -1.45. The molecule has 0 N–H and O–H groups in total. The molecule has 3 saturated carbocycles. The molecule has 4 heteroatoms. The Morgan fingerprint density at radius 2 is 1.65 bits per heavy atom. The molecule has 4 nitrogen and oxygen atoms in total. The van der Waals surface area contributed by atoms with Crippen LogP contribution < -0.4 is 0 Å². The van der Waals surface area contributed by atoms with Gasteiger partial charge in [0.1, 0.15) is 5.78 Å². The van der Waals surface area contributed by atoms with E-state index in [-0.39, 0.29) is 50.7 Å². The van der Waals surface area contributed by atoms with Crippen LogP contribution in [0.5, 0.6) is 0 Å². The second-order valence-electron chi connectivity index (χ2n) is 15.5. The van der Waals surface area contributed by atoms with Crippen molar-refractivity contribution in [2.45, 2.75) is 127 Å². The number of hydrogen-bond acceptors (Lipinski definition) is 4. The lowest BCUT2D eigenvalue weighted by molar-refractivity contribution is -0.163. The van der Waals surface area contributed by atoms with Crippen molar-refractivity contribution in [2.75, 3.05) is 7.11 Å². The number of esters is 1. The minimum absolute atomic E-state index is 0.0563. The van der Waals surface area contributed by atoms with Crippen molar-refractivity contribution in [3.05, 3.63) is 11.6 Å². The van der Waals surface area contributed by atoms with Crippen molar-refractivity contribution in [1.29, 1.82) is 0 Å². The van der Waals surface area contributed by atoms with Gasteiger partial charge in [0.25, 0.3) is 0 Å². The summed E-state index contributed by atoms with van der Waals surface area (Å²) >= 11 is 0. The molecule has 0 aromatic rings. The third-order valence-corrected chi connectivity index (χ3v) is 12.1. The molecule has 0 aromatic carbocycles. The van der Waals surface area contributed by atoms with Crippen LogP contribution in [0.15, 0.2) is 11.6 Å². The topological polar surface area (TPSA) is 60.4 Å². The summed E-state index contributed by atoms with van der Waals surface area (Å²) in [5.41, 5.74) is 0.121. The average molecular weight is 515 g/mol. The van der Waals surface area contributed by atoms with E-state index in [1.54, 1.807) is 6.92 Å². The Bertz CT molecular complexity index is 969. The van der Waals surface area contributed by atoms with Crippen LogP contribution >= 0.6 is 0 Å². The number of carbonyl (C=O) groups excluding carboxylic acids is 3. The smallest absolute Gasteiger partial charge is 0.312 e. The maximum atomic E-state index is 13.3. The summed E-state index contributed by atoms with van der Waals surface area (Å²) in [7, 11) is 1.53. The maximum absolute atomic E-state index is 13.3. The second-order valence-corrected chi connectivity index (χ2v) is 15.5. The number of methoxy groups -OCH3 is 1. The average Bonchev–Trinajstić information content (AvgIpc) is 2.78. The maximum Gasteiger partial charge on any atom is 0.312 e. The number of allylic oxidation sites excluding steroid dienone is 2. The minimum Gasteiger partial charge on any atom is -0.469 e. The predicted octanol–water partition coefficient (Wildman–Crippen LogP) is 8.13. The van der Waals surface area contributed by atoms with Gasteiger partial charge in [0.15, 0.2) is 5.78 Å². The third-order valence-electron chi connectivity index (χ3n) is 12.1. The summed E-state index contributed by atoms with van der Waals surface area (Å²) in [5, 5.41) is 0. The Morgan fingerprint density at radius 1 is 1.03 bits per heavy atom. The zero-order valence-corrected chi connectivity index (χ0v) is 25.7. The fraction of sp³-hybridized carbons (Fsp3) is 0.848. The minimum atomic E-state index is -0.456. The molecule has 3 fully saturated rings. The summed E-state index contributed by atoms with van der Waals surface area (Å²) in [6, 6.07) is 0. The van der Waals surface area contributed by atoms with E-state index < -0.39 is 5.41 Å². The van der Waals surface area contributed by atoms with Crippen LogP contribution in [0.4, 0.5) is 0 Å². The highest BCUT2D eigenvalue weighted by Gasteiger charge is 2.61. The van der Waals surface area contributed by atoms with E-state index in [2.05, 4.69) is 62.3 Å². The number of carbonyl (C=O) groups is 3. The van der Waals surface area contributed by atoms with Gasteiger partial charge in [0.05, 0.1) is 12.5 Å². The Morgan fingerprint density at radius 3 is 2.19 bits per heavy atom. The van der Waals surface area contributed by atoms with Crippen molar-refractivity contribution < 1.29 is 19.1 Å². The first-order chi connectivity index (χ1) is 16.8. The van der Waals surface area contributed by atoms with Crippen molar-refractivity contribution >= 4 is 17.5 Å². The summed E-state index contributed by atoms with van der Waals surface area (Å²) in [6.45, 7) is 22.1. The summed E-state index contributed by atoms with van der Waals surface area (Å²) in [6.07, 6.45) is 9.85. The number of fused-ring (bicyclic) bond motifs is 1. The van der Waals surface area contributed by atoms with Crippen LogP contribution in [-0.2, 0) is 19.1 Å². The molecule has 0 radical (unpaired) electrons. The number of hydrogen-bond donors (Lipinski definition) is 0. The van der Waals surface area contributed by atoms with Gasteiger partial charge in [-0.15, -0.1) is 0 Å². The van der Waals surface area contributed by atoms with Crippen molar-refractivity contribution in [3.63, 3.8) is 0 Å². The quantitative estimate of drug-likeness (QED) is 0.265. The van der Waals surface area contributed by atoms with E-state index >= 15 is 0 Å². The van der Waals surface area contributed by atoms with Gasteiger partial charge >= 0.3 is 5.97 Å². The molecule has 3 aliphatic carbocycles. The predicted molar refractivity (Wildman–Crippen MR) is 150 cm³/mol. The normalized spacial score (nSPS) is 38.7. The molecule has 3 aliphatic rings. The van der Waals surface area contributed by atoms with Gasteiger partial charge in [0, 0.05) is 11.8 Å². The molecule has 0 amide bonds. The fourth-order valence-corrected chi connectivity index (χ4v) is 9.02. The molecule has 1 unspecified atom stereocenters. The summed E-state index contributed by atoms with van der Waals surface area (Å²) in [4.78, 5) is 38.9. The molecule has 0 saturated heterocycles. The molecule has 3 rings (SSSR count). The van der Waals surface area contributed by atoms with E-state index in [1.165, 1.54) is 12.7 Å². The van der Waals surface area contributed by atoms with E-state index in [0.717, 1.165) is 51.4 Å². The zero-order valence-electron chi connectivity index (χ0n) is 25.7. The van der Waals surface area contributed by atoms with Gasteiger partial charge in [-0.1, -0.05) is 67.9 Å². The van der Waals surface area contributed by atoms with E-state index in [1.807, 2.05) is 6.08 Å². The lowest BCUT2D eigenvalue weighted by Gasteiger charge is -2.62. The van der Waals surface area contributed by atoms with Crippen LogP contribution in [-0.4, -0.2) is 24.6 Å². The Labute approximate surface area is 226 Å². The third kappa shape index (κ3) is 4.89. The molecule has 0 aliphatic heterocycles. The van der Waals surface area contributed by atoms with Gasteiger partial charge in [-0.25, -0.2) is 0 Å². The largest absolute Gasteiger partial charge is 0.469 e. The van der Waals surface area contributed by atoms with Gasteiger partial charge in [-0.2, -0.15) is 0 Å². The van der Waals surface area contributed by atoms with E-state index in [4.69, 9.17) is 4.74 Å². The molecule has 37 heavy (non-hydrogen) atoms. The van der Waals surface area contributed by atoms with Gasteiger partial charge in [-0.3, -0.25) is 14.4 Å². The zero-order chi connectivity index (χ0) is 28.2. The highest BCUT2D eigenvalue weighted by molar-refractivity contribution is 5.89. The highest BCUT2D eigenvalue weighted by atomic mass is 16.5. The van der Waals surface area contributed by atoms with Crippen LogP contribution in [0, 0.1) is 44.3 Å². The number of ether oxygens (including phenoxy) is 1. The lowest BCUT2D eigenvalue weighted by atomic mass is 9.41. The van der Waals surface area contributed by atoms with Gasteiger partial charge in [-0.05, 0) is 97.9 Å². The number of Topliss-reactive ketones (excluding diaryl/α,β-unsaturated/α-hetero) is 1. The summed E-state index contributed by atoms with van der Waals surface area (Å²) < 4.78 is 5.43. The molecule has 5 atom stereocenters. The first kappa shape index (κ1) is 30.1. The van der Waals surface area contributed by atoms with Crippen LogP contribution in [0.3, 0.4) is 0 Å². The number of rotatable bonds is 6. The molecule has 0 spiro atoms. The van der Waals surface area contributed by atoms with Crippen LogP contribution in [0.25, 0.3) is 0 Å². The van der Waals surface area contributed by atoms with Crippen molar-refractivity contribution in [1.82, 2.24) is 0 Å². The van der Waals surface area contributed by atoms with Gasteiger partial charge in [0.2, 0.25) is 0 Å². The lowest BCUT2D eigenvalue weighted by Crippen LogP contribution is -2.56. The monoisotopic (exact) mass is 514 g/mol. The van der Waals surface area contributed by atoms with E-state index in [9.17, 15) is 14.4 Å². The summed E-state index contributed by atoms with van der Waals surface area (Å²) in [5.74, 6) is 0.881. The van der Waals surface area contributed by atoms with Crippen LogP contribution in [0.1, 0.15) is 127 Å². The first-order valence-electron chi connectivity index (χ1n) is 14.6. The molecule has 0 bridgehead atoms. The molecule has 0 heterocycles. The Balaban J connectivity index is 2.00. The highest BCUT2D eigenvalue weighted by Crippen LogP contribution is 2.68. The number of ketones is 2. The molecular weight excluding hydrogens is 460 g/mol. The Kier molecular flexibility index (Phi) is 7.83.